The number of hydrogen-bond donors (Lipinski definition) is 3. The molecule has 0 amide bonds. The summed E-state index contributed by atoms with van der Waals surface area (Å²) in [6.07, 6.45) is 1.57. The summed E-state index contributed by atoms with van der Waals surface area (Å²) in [4.78, 5) is 13.6. The van der Waals surface area contributed by atoms with E-state index in [4.69, 9.17) is 10.2 Å². The minimum atomic E-state index is -3.13. The van der Waals surface area contributed by atoms with E-state index in [1.807, 2.05) is 0 Å². The molecule has 4 N–H and O–H groups in total. The van der Waals surface area contributed by atoms with E-state index in [0.717, 1.165) is 0 Å². The number of sulfone groups is 1. The lowest BCUT2D eigenvalue weighted by Crippen LogP contribution is -2.21. The number of H-pyrrole nitrogens is 1. The van der Waals surface area contributed by atoms with E-state index in [2.05, 4.69) is 10.3 Å². The molecule has 0 spiro atoms. The molecule has 0 fully saturated rings. The molecule has 0 saturated carbocycles. The van der Waals surface area contributed by atoms with Gasteiger partial charge in [-0.05, 0) is 6.07 Å². The van der Waals surface area contributed by atoms with E-state index in [0.29, 0.717) is 22.5 Å². The Kier molecular flexibility index (Phi) is 2.42. The smallest absolute Gasteiger partial charge is 0.408 e. The summed E-state index contributed by atoms with van der Waals surface area (Å²) >= 11 is 0. The molecule has 1 unspecified atom stereocenters. The molecule has 0 aliphatic carbocycles. The highest BCUT2D eigenvalue weighted by molar-refractivity contribution is 7.94. The number of nitrogens with two attached hydrogens (primary N) is 1. The van der Waals surface area contributed by atoms with Crippen molar-refractivity contribution in [2.75, 3.05) is 16.8 Å². The summed E-state index contributed by atoms with van der Waals surface area (Å²) in [5, 5.41) is 4.19. The second-order valence-corrected chi connectivity index (χ2v) is 6.29. The van der Waals surface area contributed by atoms with Gasteiger partial charge in [-0.25, -0.2) is 13.2 Å². The van der Waals surface area contributed by atoms with Gasteiger partial charge in [0.1, 0.15) is 0 Å². The Morgan fingerprint density at radius 1 is 1.42 bits per heavy atom. The van der Waals surface area contributed by atoms with Gasteiger partial charge >= 0.3 is 5.76 Å². The highest BCUT2D eigenvalue weighted by Gasteiger charge is 2.22. The van der Waals surface area contributed by atoms with Crippen LogP contribution in [-0.4, -0.2) is 25.2 Å². The fourth-order valence-corrected chi connectivity index (χ4v) is 3.24. The van der Waals surface area contributed by atoms with Gasteiger partial charge < -0.3 is 15.5 Å². The Labute approximate surface area is 108 Å². The average molecular weight is 281 g/mol. The normalized spacial score (nSPS) is 20.9. The van der Waals surface area contributed by atoms with Crippen LogP contribution in [0.4, 0.5) is 11.4 Å². The lowest BCUT2D eigenvalue weighted by molar-refractivity contribution is 0.555. The van der Waals surface area contributed by atoms with E-state index in [9.17, 15) is 13.2 Å². The molecule has 3 rings (SSSR count). The van der Waals surface area contributed by atoms with Gasteiger partial charge in [-0.3, -0.25) is 4.98 Å². The van der Waals surface area contributed by atoms with Crippen LogP contribution >= 0.6 is 0 Å². The molecule has 8 heteroatoms. The second kappa shape index (κ2) is 3.89. The quantitative estimate of drug-likeness (QED) is 0.687. The van der Waals surface area contributed by atoms with Crippen molar-refractivity contribution in [3.05, 3.63) is 34.2 Å². The maximum atomic E-state index is 11.3. The number of aromatic nitrogens is 1. The average Bonchev–Trinajstić information content (AvgIpc) is 2.81. The second-order valence-electron chi connectivity index (χ2n) is 4.36. The Hall–Kier alpha value is -2.22. The number of nitrogens with one attached hydrogen (secondary N) is 2. The third kappa shape index (κ3) is 2.22. The molecular formula is C11H11N3O4S. The van der Waals surface area contributed by atoms with Gasteiger partial charge in [0.15, 0.2) is 15.4 Å². The first-order valence-corrected chi connectivity index (χ1v) is 7.24. The predicted octanol–water partition coefficient (Wildman–Crippen LogP) is 0.426. The SMILES string of the molecule is Nc1cc2oc(=O)[nH]c2cc1NC1C=CS(=O)(=O)C1. The molecule has 1 aliphatic heterocycles. The fourth-order valence-electron chi connectivity index (χ4n) is 2.00. The first-order chi connectivity index (χ1) is 8.93. The lowest BCUT2D eigenvalue weighted by atomic mass is 10.2. The fraction of sp³-hybridized carbons (Fsp3) is 0.182. The molecule has 1 aromatic heterocycles. The van der Waals surface area contributed by atoms with Crippen LogP contribution in [0, 0.1) is 0 Å². The van der Waals surface area contributed by atoms with Crippen molar-refractivity contribution >= 4 is 32.3 Å². The third-order valence-electron chi connectivity index (χ3n) is 2.86. The zero-order valence-electron chi connectivity index (χ0n) is 9.71. The Morgan fingerprint density at radius 3 is 2.89 bits per heavy atom. The number of benzene rings is 1. The summed E-state index contributed by atoms with van der Waals surface area (Å²) in [6, 6.07) is 2.81. The van der Waals surface area contributed by atoms with Crippen molar-refractivity contribution in [2.45, 2.75) is 6.04 Å². The van der Waals surface area contributed by atoms with Crippen LogP contribution in [0.3, 0.4) is 0 Å². The van der Waals surface area contributed by atoms with Gasteiger partial charge in [-0.2, -0.15) is 0 Å². The maximum absolute atomic E-state index is 11.3. The predicted molar refractivity (Wildman–Crippen MR) is 71.6 cm³/mol. The maximum Gasteiger partial charge on any atom is 0.417 e. The van der Waals surface area contributed by atoms with E-state index < -0.39 is 15.6 Å². The first-order valence-electron chi connectivity index (χ1n) is 5.53. The van der Waals surface area contributed by atoms with E-state index in [1.54, 1.807) is 12.1 Å². The van der Waals surface area contributed by atoms with E-state index in [-0.39, 0.29) is 11.8 Å². The largest absolute Gasteiger partial charge is 0.417 e. The minimum Gasteiger partial charge on any atom is -0.408 e. The molecule has 2 aromatic rings. The topological polar surface area (TPSA) is 118 Å². The van der Waals surface area contributed by atoms with Gasteiger partial charge in [0.05, 0.1) is 28.7 Å². The Bertz CT molecular complexity index is 831. The van der Waals surface area contributed by atoms with Crippen LogP contribution in [0.15, 0.2) is 32.8 Å². The molecule has 0 saturated heterocycles. The standard InChI is InChI=1S/C11H11N3O4S/c12-7-3-10-9(14-11(15)18-10)4-8(7)13-6-1-2-19(16,17)5-6/h1-4,6,13H,5,12H2,(H,14,15). The number of rotatable bonds is 2. The molecule has 100 valence electrons. The number of nitrogen functional groups attached to an aromatic ring is 1. The Morgan fingerprint density at radius 2 is 2.21 bits per heavy atom. The first kappa shape index (κ1) is 11.8. The summed E-state index contributed by atoms with van der Waals surface area (Å²) in [5.41, 5.74) is 7.63. The zero-order valence-corrected chi connectivity index (χ0v) is 10.5. The van der Waals surface area contributed by atoms with Crippen molar-refractivity contribution in [3.63, 3.8) is 0 Å². The van der Waals surface area contributed by atoms with Gasteiger partial charge in [-0.15, -0.1) is 0 Å². The van der Waals surface area contributed by atoms with Crippen LogP contribution in [0.1, 0.15) is 0 Å². The van der Waals surface area contributed by atoms with Crippen LogP contribution in [-0.2, 0) is 9.84 Å². The summed E-state index contributed by atoms with van der Waals surface area (Å²) in [7, 11) is -3.13. The van der Waals surface area contributed by atoms with Gasteiger partial charge in [0.25, 0.3) is 0 Å². The number of oxazole rings is 1. The summed E-state index contributed by atoms with van der Waals surface area (Å²) in [6.45, 7) is 0. The summed E-state index contributed by atoms with van der Waals surface area (Å²) in [5.74, 6) is -0.568. The Balaban J connectivity index is 1.95. The molecule has 1 aromatic carbocycles. The minimum absolute atomic E-state index is 0.00756. The highest BCUT2D eigenvalue weighted by atomic mass is 32.2. The van der Waals surface area contributed by atoms with E-state index >= 15 is 0 Å². The van der Waals surface area contributed by atoms with Crippen LogP contribution < -0.4 is 16.8 Å². The summed E-state index contributed by atoms with van der Waals surface area (Å²) < 4.78 is 27.5. The van der Waals surface area contributed by atoms with Crippen molar-refractivity contribution in [3.8, 4) is 0 Å². The molecule has 1 atom stereocenters. The van der Waals surface area contributed by atoms with Crippen LogP contribution in [0.2, 0.25) is 0 Å². The van der Waals surface area contributed by atoms with Gasteiger partial charge in [0, 0.05) is 11.5 Å². The number of aromatic amines is 1. The van der Waals surface area contributed by atoms with Gasteiger partial charge in [0.2, 0.25) is 0 Å². The number of anilines is 2. The van der Waals surface area contributed by atoms with Crippen molar-refractivity contribution in [1.82, 2.24) is 4.98 Å². The zero-order chi connectivity index (χ0) is 13.6. The third-order valence-corrected chi connectivity index (χ3v) is 4.26. The molecule has 0 bridgehead atoms. The van der Waals surface area contributed by atoms with Crippen LogP contribution in [0.5, 0.6) is 0 Å². The molecule has 2 heterocycles. The molecular weight excluding hydrogens is 270 g/mol. The number of hydrogen-bond acceptors (Lipinski definition) is 6. The number of fused-ring (bicyclic) bond motifs is 1. The van der Waals surface area contributed by atoms with Crippen LogP contribution in [0.25, 0.3) is 11.1 Å². The van der Waals surface area contributed by atoms with Crippen molar-refractivity contribution in [2.24, 2.45) is 0 Å². The highest BCUT2D eigenvalue weighted by Crippen LogP contribution is 2.26. The molecule has 0 radical (unpaired) electrons. The van der Waals surface area contributed by atoms with Crippen molar-refractivity contribution in [1.29, 1.82) is 0 Å². The van der Waals surface area contributed by atoms with E-state index in [1.165, 1.54) is 11.5 Å². The molecule has 1 aliphatic rings. The molecule has 7 nitrogen and oxygen atoms in total. The van der Waals surface area contributed by atoms with Gasteiger partial charge in [-0.1, -0.05) is 6.08 Å². The molecule has 19 heavy (non-hydrogen) atoms. The monoisotopic (exact) mass is 281 g/mol. The van der Waals surface area contributed by atoms with Crippen molar-refractivity contribution < 1.29 is 12.8 Å². The lowest BCUT2D eigenvalue weighted by Gasteiger charge is -2.13.